The van der Waals surface area contributed by atoms with Gasteiger partial charge >= 0.3 is 6.18 Å². The molecular formula is C13H9F3N2. The molecule has 0 aliphatic carbocycles. The molecule has 0 aliphatic rings. The number of fused-ring (bicyclic) bond motifs is 1. The van der Waals surface area contributed by atoms with Crippen molar-refractivity contribution in [3.8, 4) is 6.07 Å². The van der Waals surface area contributed by atoms with Crippen molar-refractivity contribution in [3.05, 3.63) is 41.6 Å². The highest BCUT2D eigenvalue weighted by molar-refractivity contribution is 5.86. The van der Waals surface area contributed by atoms with Crippen LogP contribution in [0.25, 0.3) is 16.5 Å². The third-order valence-corrected chi connectivity index (χ3v) is 2.64. The van der Waals surface area contributed by atoms with E-state index in [1.165, 1.54) is 6.07 Å². The number of nitriles is 1. The smallest absolute Gasteiger partial charge is 0.355 e. The number of benzene rings is 1. The van der Waals surface area contributed by atoms with Crippen molar-refractivity contribution in [1.82, 2.24) is 4.98 Å². The standard InChI is InChI=1S/C13H9F3N2/c1-7(2)11-4-8-3-9(6-17)10(13(14,15)16)5-12(8)18-11/h3-5,18H,1H2,2H3. The first kappa shape index (κ1) is 12.2. The Labute approximate surface area is 101 Å². The minimum atomic E-state index is -4.53. The zero-order chi connectivity index (χ0) is 13.5. The summed E-state index contributed by atoms with van der Waals surface area (Å²) in [5.41, 5.74) is 0.431. The molecule has 5 heteroatoms. The second kappa shape index (κ2) is 3.91. The first-order valence-electron chi connectivity index (χ1n) is 5.13. The molecule has 1 aromatic heterocycles. The highest BCUT2D eigenvalue weighted by atomic mass is 19.4. The molecule has 0 saturated heterocycles. The van der Waals surface area contributed by atoms with Gasteiger partial charge in [-0.05, 0) is 30.7 Å². The Bertz CT molecular complexity index is 672. The monoisotopic (exact) mass is 250 g/mol. The predicted octanol–water partition coefficient (Wildman–Crippen LogP) is 4.09. The number of allylic oxidation sites excluding steroid dienone is 1. The first-order chi connectivity index (χ1) is 8.32. The van der Waals surface area contributed by atoms with E-state index in [1.807, 2.05) is 0 Å². The molecule has 1 heterocycles. The molecule has 0 spiro atoms. The fourth-order valence-electron chi connectivity index (χ4n) is 1.74. The third-order valence-electron chi connectivity index (χ3n) is 2.64. The Hall–Kier alpha value is -2.22. The summed E-state index contributed by atoms with van der Waals surface area (Å²) in [7, 11) is 0. The SMILES string of the molecule is C=C(C)c1cc2cc(C#N)c(C(F)(F)F)cc2[nH]1. The Morgan fingerprint density at radius 3 is 2.50 bits per heavy atom. The van der Waals surface area contributed by atoms with E-state index in [0.29, 0.717) is 16.6 Å². The number of aromatic amines is 1. The molecule has 18 heavy (non-hydrogen) atoms. The molecule has 0 unspecified atom stereocenters. The van der Waals surface area contributed by atoms with Gasteiger partial charge in [-0.15, -0.1) is 0 Å². The van der Waals surface area contributed by atoms with Crippen molar-refractivity contribution in [3.63, 3.8) is 0 Å². The van der Waals surface area contributed by atoms with Gasteiger partial charge < -0.3 is 4.98 Å². The van der Waals surface area contributed by atoms with Gasteiger partial charge in [0.1, 0.15) is 0 Å². The van der Waals surface area contributed by atoms with Gasteiger partial charge in [-0.25, -0.2) is 0 Å². The molecule has 2 rings (SSSR count). The average molecular weight is 250 g/mol. The van der Waals surface area contributed by atoms with Gasteiger partial charge in [0.25, 0.3) is 0 Å². The Morgan fingerprint density at radius 2 is 2.00 bits per heavy atom. The van der Waals surface area contributed by atoms with Crippen LogP contribution >= 0.6 is 0 Å². The third kappa shape index (κ3) is 1.97. The van der Waals surface area contributed by atoms with Crippen molar-refractivity contribution in [2.75, 3.05) is 0 Å². The lowest BCUT2D eigenvalue weighted by atomic mass is 10.1. The number of nitrogens with one attached hydrogen (secondary N) is 1. The quantitative estimate of drug-likeness (QED) is 0.813. The normalized spacial score (nSPS) is 11.5. The number of rotatable bonds is 1. The van der Waals surface area contributed by atoms with E-state index >= 15 is 0 Å². The number of alkyl halides is 3. The van der Waals surface area contributed by atoms with Crippen LogP contribution in [0.1, 0.15) is 23.7 Å². The first-order valence-corrected chi connectivity index (χ1v) is 5.13. The largest absolute Gasteiger partial charge is 0.417 e. The summed E-state index contributed by atoms with van der Waals surface area (Å²) in [6, 6.07) is 5.45. The number of hydrogen-bond acceptors (Lipinski definition) is 1. The summed E-state index contributed by atoms with van der Waals surface area (Å²) in [5, 5.41) is 9.35. The fraction of sp³-hybridized carbons (Fsp3) is 0.154. The zero-order valence-corrected chi connectivity index (χ0v) is 9.52. The van der Waals surface area contributed by atoms with Crippen LogP contribution in [0.5, 0.6) is 0 Å². The van der Waals surface area contributed by atoms with Gasteiger partial charge in [-0.2, -0.15) is 18.4 Å². The molecule has 0 saturated carbocycles. The Kier molecular flexibility index (Phi) is 2.66. The van der Waals surface area contributed by atoms with Crippen LogP contribution in [0.4, 0.5) is 13.2 Å². The fourth-order valence-corrected chi connectivity index (χ4v) is 1.74. The maximum Gasteiger partial charge on any atom is 0.417 e. The van der Waals surface area contributed by atoms with Crippen LogP contribution in [0, 0.1) is 11.3 Å². The molecule has 2 nitrogen and oxygen atoms in total. The lowest BCUT2D eigenvalue weighted by Gasteiger charge is -2.08. The van der Waals surface area contributed by atoms with Gasteiger partial charge in [0.2, 0.25) is 0 Å². The second-order valence-electron chi connectivity index (χ2n) is 4.06. The number of nitrogens with zero attached hydrogens (tertiary/aromatic N) is 1. The van der Waals surface area contributed by atoms with Crippen molar-refractivity contribution < 1.29 is 13.2 Å². The summed E-state index contributed by atoms with van der Waals surface area (Å²) in [5.74, 6) is 0. The van der Waals surface area contributed by atoms with Crippen LogP contribution in [0.15, 0.2) is 24.8 Å². The van der Waals surface area contributed by atoms with Crippen LogP contribution in [-0.2, 0) is 6.18 Å². The summed E-state index contributed by atoms with van der Waals surface area (Å²) in [6.45, 7) is 5.47. The van der Waals surface area contributed by atoms with Crippen molar-refractivity contribution in [2.24, 2.45) is 0 Å². The number of aromatic nitrogens is 1. The van der Waals surface area contributed by atoms with E-state index in [2.05, 4.69) is 11.6 Å². The molecule has 92 valence electrons. The maximum absolute atomic E-state index is 12.7. The maximum atomic E-state index is 12.7. The summed E-state index contributed by atoms with van der Waals surface area (Å²) in [4.78, 5) is 2.85. The second-order valence-corrected chi connectivity index (χ2v) is 4.06. The number of H-pyrrole nitrogens is 1. The molecule has 1 N–H and O–H groups in total. The van der Waals surface area contributed by atoms with Crippen molar-refractivity contribution in [2.45, 2.75) is 13.1 Å². The minimum Gasteiger partial charge on any atom is -0.355 e. The van der Waals surface area contributed by atoms with E-state index in [-0.39, 0.29) is 5.56 Å². The zero-order valence-electron chi connectivity index (χ0n) is 9.52. The van der Waals surface area contributed by atoms with E-state index in [9.17, 15) is 13.2 Å². The summed E-state index contributed by atoms with van der Waals surface area (Å²) in [6.07, 6.45) is -4.53. The number of halogens is 3. The van der Waals surface area contributed by atoms with Gasteiger partial charge in [-0.3, -0.25) is 0 Å². The Balaban J connectivity index is 2.75. The minimum absolute atomic E-state index is 0.347. The highest BCUT2D eigenvalue weighted by Crippen LogP contribution is 2.34. The summed E-state index contributed by atoms with van der Waals surface area (Å²) >= 11 is 0. The highest BCUT2D eigenvalue weighted by Gasteiger charge is 2.34. The van der Waals surface area contributed by atoms with E-state index in [0.717, 1.165) is 11.6 Å². The van der Waals surface area contributed by atoms with Gasteiger partial charge in [0.15, 0.2) is 0 Å². The van der Waals surface area contributed by atoms with E-state index in [4.69, 9.17) is 5.26 Å². The van der Waals surface area contributed by atoms with E-state index < -0.39 is 11.7 Å². The van der Waals surface area contributed by atoms with Crippen LogP contribution in [0.2, 0.25) is 0 Å². The number of hydrogen-bond donors (Lipinski definition) is 1. The molecule has 0 amide bonds. The van der Waals surface area contributed by atoms with Gasteiger partial charge in [0.05, 0.1) is 17.2 Å². The molecule has 0 bridgehead atoms. The van der Waals surface area contributed by atoms with Crippen molar-refractivity contribution >= 4 is 16.5 Å². The van der Waals surface area contributed by atoms with Crippen molar-refractivity contribution in [1.29, 1.82) is 5.26 Å². The molecule has 0 fully saturated rings. The lowest BCUT2D eigenvalue weighted by Crippen LogP contribution is -2.07. The molecule has 0 radical (unpaired) electrons. The molecule has 1 aromatic carbocycles. The average Bonchev–Trinajstić information content (AvgIpc) is 2.68. The molecule has 0 atom stereocenters. The Morgan fingerprint density at radius 1 is 1.33 bits per heavy atom. The van der Waals surface area contributed by atoms with Crippen LogP contribution < -0.4 is 0 Å². The molecule has 0 aliphatic heterocycles. The lowest BCUT2D eigenvalue weighted by molar-refractivity contribution is -0.137. The van der Waals surface area contributed by atoms with Gasteiger partial charge in [0, 0.05) is 16.6 Å². The van der Waals surface area contributed by atoms with Crippen LogP contribution in [0.3, 0.4) is 0 Å². The molecular weight excluding hydrogens is 241 g/mol. The predicted molar refractivity (Wildman–Crippen MR) is 62.7 cm³/mol. The van der Waals surface area contributed by atoms with Crippen LogP contribution in [-0.4, -0.2) is 4.98 Å². The summed E-state index contributed by atoms with van der Waals surface area (Å²) < 4.78 is 38.2. The topological polar surface area (TPSA) is 39.6 Å². The van der Waals surface area contributed by atoms with E-state index in [1.54, 1.807) is 19.1 Å². The van der Waals surface area contributed by atoms with Gasteiger partial charge in [-0.1, -0.05) is 6.58 Å². The molecule has 2 aromatic rings.